The third kappa shape index (κ3) is 6.12. The Hall–Kier alpha value is -3.02. The average molecular weight is 383 g/mol. The molecule has 3 rings (SSSR count). The van der Waals surface area contributed by atoms with Crippen LogP contribution in [-0.4, -0.2) is 4.92 Å². The molecule has 0 amide bonds. The molecule has 26 heavy (non-hydrogen) atoms. The van der Waals surface area contributed by atoms with Gasteiger partial charge in [-0.15, -0.1) is 10.2 Å². The zero-order valence-electron chi connectivity index (χ0n) is 12.9. The Morgan fingerprint density at radius 3 is 2.19 bits per heavy atom. The molecule has 0 saturated carbocycles. The maximum absolute atomic E-state index is 10.8. The molecule has 0 atom stereocenters. The van der Waals surface area contributed by atoms with Gasteiger partial charge in [0, 0.05) is 12.1 Å². The van der Waals surface area contributed by atoms with Crippen molar-refractivity contribution in [2.24, 2.45) is 0 Å². The van der Waals surface area contributed by atoms with Crippen molar-refractivity contribution in [1.82, 2.24) is 0 Å². The minimum absolute atomic E-state index is 0.299. The number of hydrogen-bond acceptors (Lipinski definition) is 8. The molecule has 3 heterocycles. The van der Waals surface area contributed by atoms with Gasteiger partial charge in [0.05, 0.1) is 18.4 Å². The Morgan fingerprint density at radius 2 is 1.69 bits per heavy atom. The molecular formula is C15H11ClN2O8. The molecule has 10 nitrogen and oxygen atoms in total. The fourth-order valence-corrected chi connectivity index (χ4v) is 1.90. The second-order valence-electron chi connectivity index (χ2n) is 4.60. The molecule has 136 valence electrons. The van der Waals surface area contributed by atoms with E-state index in [1.165, 1.54) is 6.07 Å². The lowest BCUT2D eigenvalue weighted by atomic mass is 10.2. The number of nitro groups is 1. The Balaban J connectivity index is 0.000000431. The molecule has 0 aliphatic rings. The molecule has 0 radical (unpaired) electrons. The summed E-state index contributed by atoms with van der Waals surface area (Å²) in [6, 6.07) is 12.0. The minimum atomic E-state index is -4.94. The summed E-state index contributed by atoms with van der Waals surface area (Å²) in [4.78, 5) is 10.2. The first-order valence-electron chi connectivity index (χ1n) is 6.82. The van der Waals surface area contributed by atoms with Gasteiger partial charge in [0.25, 0.3) is 5.70 Å². The van der Waals surface area contributed by atoms with Crippen molar-refractivity contribution >= 4 is 17.7 Å². The maximum Gasteiger partial charge on any atom is 0.433 e. The molecule has 3 aromatic heterocycles. The topological polar surface area (TPSA) is 166 Å². The second kappa shape index (κ2) is 8.38. The van der Waals surface area contributed by atoms with Crippen LogP contribution in [0.1, 0.15) is 11.5 Å². The first-order chi connectivity index (χ1) is 12.2. The van der Waals surface area contributed by atoms with Crippen LogP contribution in [0.2, 0.25) is 0 Å². The summed E-state index contributed by atoms with van der Waals surface area (Å²) in [5.41, 5.74) is 0.638. The van der Waals surface area contributed by atoms with Gasteiger partial charge in [0.15, 0.2) is 12.4 Å². The molecule has 0 unspecified atom stereocenters. The summed E-state index contributed by atoms with van der Waals surface area (Å²) in [6.07, 6.45) is 6.96. The van der Waals surface area contributed by atoms with E-state index in [4.69, 9.17) is 27.5 Å². The lowest BCUT2D eigenvalue weighted by Gasteiger charge is -2.17. The van der Waals surface area contributed by atoms with E-state index in [0.717, 1.165) is 0 Å². The molecule has 0 aliphatic heterocycles. The number of furan rings is 2. The molecule has 0 aromatic carbocycles. The zero-order chi connectivity index (χ0) is 19.2. The second-order valence-corrected chi connectivity index (χ2v) is 5.36. The first-order valence-corrected chi connectivity index (χ1v) is 8.06. The summed E-state index contributed by atoms with van der Waals surface area (Å²) in [5, 5.41) is 10.8. The van der Waals surface area contributed by atoms with Gasteiger partial charge in [0.1, 0.15) is 10.7 Å². The molecule has 0 spiro atoms. The largest absolute Gasteiger partial charge is 0.465 e. The number of nitrogens with zero attached hydrogens (tertiary/aromatic N) is 2. The number of hydrogen-bond donors (Lipinski definition) is 0. The van der Waals surface area contributed by atoms with Crippen molar-refractivity contribution in [3.05, 3.63) is 82.8 Å². The Kier molecular flexibility index (Phi) is 6.22. The molecule has 0 saturated heterocycles. The summed E-state index contributed by atoms with van der Waals surface area (Å²) in [5.74, 6) is 0.710. The fraction of sp³-hybridized carbons (Fsp3) is 0. The van der Waals surface area contributed by atoms with Crippen LogP contribution in [0, 0.1) is 20.4 Å². The molecular weight excluding hydrogens is 372 g/mol. The fourth-order valence-electron chi connectivity index (χ4n) is 1.90. The quantitative estimate of drug-likeness (QED) is 0.294. The molecule has 0 fully saturated rings. The van der Waals surface area contributed by atoms with Gasteiger partial charge in [-0.3, -0.25) is 10.1 Å². The summed E-state index contributed by atoms with van der Waals surface area (Å²) >= 11 is 0. The lowest BCUT2D eigenvalue weighted by molar-refractivity contribution is -2.00. The van der Waals surface area contributed by atoms with E-state index in [1.54, 1.807) is 35.1 Å². The van der Waals surface area contributed by atoms with Crippen molar-refractivity contribution in [2.45, 2.75) is 0 Å². The highest BCUT2D eigenvalue weighted by atomic mass is 35.7. The van der Waals surface area contributed by atoms with Crippen molar-refractivity contribution in [3.63, 3.8) is 0 Å². The monoisotopic (exact) mass is 382 g/mol. The van der Waals surface area contributed by atoms with Gasteiger partial charge in [-0.2, -0.15) is 4.57 Å². The maximum atomic E-state index is 10.8. The van der Waals surface area contributed by atoms with Crippen molar-refractivity contribution in [1.29, 1.82) is 0 Å². The van der Waals surface area contributed by atoms with E-state index in [2.05, 4.69) is 0 Å². The van der Waals surface area contributed by atoms with Crippen LogP contribution in [0.15, 0.2) is 70.0 Å². The third-order valence-corrected chi connectivity index (χ3v) is 2.84. The minimum Gasteiger partial charge on any atom is -0.465 e. The molecule has 0 bridgehead atoms. The standard InChI is InChI=1S/C15H11N2O4.ClHO4/c18-17(19)15-7-6-14(21-15)13(11-12-5-4-10-20-12)16-8-2-1-3-9-16;2-1(3,4)5/h1-11H;(H,2,3,4,5)/q+1;/p-1. The Bertz CT molecular complexity index is 863. The first kappa shape index (κ1) is 19.3. The van der Waals surface area contributed by atoms with Crippen LogP contribution in [0.5, 0.6) is 0 Å². The molecule has 0 aliphatic carbocycles. The Morgan fingerprint density at radius 1 is 1.04 bits per heavy atom. The van der Waals surface area contributed by atoms with E-state index in [0.29, 0.717) is 17.2 Å². The van der Waals surface area contributed by atoms with Gasteiger partial charge < -0.3 is 8.83 Å². The van der Waals surface area contributed by atoms with Gasteiger partial charge in [-0.05, 0) is 18.2 Å². The zero-order valence-corrected chi connectivity index (χ0v) is 13.6. The summed E-state index contributed by atoms with van der Waals surface area (Å²) in [7, 11) is -4.94. The van der Waals surface area contributed by atoms with Crippen LogP contribution >= 0.6 is 0 Å². The smallest absolute Gasteiger partial charge is 0.433 e. The molecule has 3 aromatic rings. The van der Waals surface area contributed by atoms with Crippen LogP contribution in [0.4, 0.5) is 5.88 Å². The van der Waals surface area contributed by atoms with Crippen molar-refractivity contribution in [2.75, 3.05) is 0 Å². The highest BCUT2D eigenvalue weighted by Crippen LogP contribution is 2.22. The van der Waals surface area contributed by atoms with Gasteiger partial charge in [0.2, 0.25) is 5.76 Å². The van der Waals surface area contributed by atoms with E-state index in [9.17, 15) is 10.1 Å². The summed E-state index contributed by atoms with van der Waals surface area (Å²) in [6.45, 7) is 0. The van der Waals surface area contributed by atoms with Crippen molar-refractivity contribution in [3.8, 4) is 0 Å². The Labute approximate surface area is 148 Å². The van der Waals surface area contributed by atoms with E-state index in [-0.39, 0.29) is 5.88 Å². The lowest BCUT2D eigenvalue weighted by Crippen LogP contribution is -2.68. The van der Waals surface area contributed by atoms with Crippen LogP contribution in [-0.2, 0) is 0 Å². The number of pyridine rings is 1. The van der Waals surface area contributed by atoms with Gasteiger partial charge in [-0.1, -0.05) is 6.07 Å². The average Bonchev–Trinajstić information content (AvgIpc) is 3.23. The number of halogens is 1. The third-order valence-electron chi connectivity index (χ3n) is 2.84. The van der Waals surface area contributed by atoms with Crippen LogP contribution in [0.25, 0.3) is 11.8 Å². The normalized spacial score (nSPS) is 11.6. The predicted molar refractivity (Wildman–Crippen MR) is 74.0 cm³/mol. The molecule has 11 heteroatoms. The van der Waals surface area contributed by atoms with Crippen LogP contribution < -0.4 is 23.2 Å². The highest BCUT2D eigenvalue weighted by Gasteiger charge is 2.21. The van der Waals surface area contributed by atoms with Crippen molar-refractivity contribution < 1.29 is 47.2 Å². The highest BCUT2D eigenvalue weighted by molar-refractivity contribution is 5.72. The SMILES string of the molecule is O=[N+]([O-])c1ccc(C(=Cc2ccco2)[n+]2ccccc2)o1.[O-][Cl+3]([O-])([O-])[O-]. The number of rotatable bonds is 4. The predicted octanol–water partition coefficient (Wildman–Crippen LogP) is -1.64. The van der Waals surface area contributed by atoms with Gasteiger partial charge >= 0.3 is 5.88 Å². The van der Waals surface area contributed by atoms with E-state index < -0.39 is 15.2 Å². The summed E-state index contributed by atoms with van der Waals surface area (Å²) < 4.78 is 46.3. The van der Waals surface area contributed by atoms with Crippen LogP contribution in [0.3, 0.4) is 0 Å². The number of aromatic nitrogens is 1. The molecule has 0 N–H and O–H groups in total. The van der Waals surface area contributed by atoms with E-state index in [1.807, 2.05) is 30.6 Å². The van der Waals surface area contributed by atoms with Gasteiger partial charge in [-0.25, -0.2) is 18.6 Å². The van der Waals surface area contributed by atoms with E-state index >= 15 is 0 Å².